The van der Waals surface area contributed by atoms with Crippen LogP contribution < -0.4 is 10.1 Å². The summed E-state index contributed by atoms with van der Waals surface area (Å²) in [6, 6.07) is 15.0. The highest BCUT2D eigenvalue weighted by Gasteiger charge is 2.19. The second-order valence-electron chi connectivity index (χ2n) is 5.09. The van der Waals surface area contributed by atoms with Crippen LogP contribution in [0.15, 0.2) is 54.6 Å². The maximum Gasteiger partial charge on any atom is 0.326 e. The fourth-order valence-corrected chi connectivity index (χ4v) is 2.09. The van der Waals surface area contributed by atoms with Gasteiger partial charge in [-0.1, -0.05) is 31.5 Å². The van der Waals surface area contributed by atoms with Gasteiger partial charge >= 0.3 is 5.97 Å². The molecule has 2 N–H and O–H groups in total. The molecule has 120 valence electrons. The molecule has 0 fully saturated rings. The van der Waals surface area contributed by atoms with E-state index in [0.717, 1.165) is 0 Å². The average molecular weight is 313 g/mol. The minimum absolute atomic E-state index is 0.396. The molecule has 0 aliphatic rings. The van der Waals surface area contributed by atoms with Crippen molar-refractivity contribution in [2.75, 3.05) is 0 Å². The number of amides is 1. The molecule has 0 radical (unpaired) electrons. The number of carbonyl (C=O) groups excluding carboxylic acids is 1. The molecule has 5 nitrogen and oxygen atoms in total. The van der Waals surface area contributed by atoms with Gasteiger partial charge in [-0.3, -0.25) is 4.79 Å². The monoisotopic (exact) mass is 313 g/mol. The van der Waals surface area contributed by atoms with E-state index in [-0.39, 0.29) is 0 Å². The van der Waals surface area contributed by atoms with Gasteiger partial charge in [-0.25, -0.2) is 4.79 Å². The summed E-state index contributed by atoms with van der Waals surface area (Å²) >= 11 is 0. The summed E-state index contributed by atoms with van der Waals surface area (Å²) in [6.07, 6.45) is 1.08. The van der Waals surface area contributed by atoms with E-state index in [0.29, 0.717) is 29.9 Å². The van der Waals surface area contributed by atoms with Crippen LogP contribution >= 0.6 is 0 Å². The number of aliphatic carboxylic acids is 1. The Hall–Kier alpha value is -2.82. The van der Waals surface area contributed by atoms with Gasteiger partial charge in [-0.15, -0.1) is 0 Å². The Morgan fingerprint density at radius 1 is 1.04 bits per heavy atom. The Kier molecular flexibility index (Phi) is 5.74. The minimum Gasteiger partial charge on any atom is -0.480 e. The summed E-state index contributed by atoms with van der Waals surface area (Å²) in [5.41, 5.74) is 0.396. The fraction of sp³-hybridized carbons (Fsp3) is 0.222. The third kappa shape index (κ3) is 4.85. The van der Waals surface area contributed by atoms with Crippen LogP contribution in [-0.2, 0) is 4.79 Å². The average Bonchev–Trinajstić information content (AvgIpc) is 2.56. The predicted molar refractivity (Wildman–Crippen MR) is 86.8 cm³/mol. The molecule has 2 aromatic rings. The first kappa shape index (κ1) is 16.5. The highest BCUT2D eigenvalue weighted by atomic mass is 16.5. The zero-order chi connectivity index (χ0) is 16.7. The first-order valence-electron chi connectivity index (χ1n) is 7.46. The molecule has 2 rings (SSSR count). The van der Waals surface area contributed by atoms with Crippen molar-refractivity contribution in [2.24, 2.45) is 0 Å². The maximum absolute atomic E-state index is 12.1. The number of carboxylic acids is 1. The summed E-state index contributed by atoms with van der Waals surface area (Å²) in [6.45, 7) is 1.87. The molecule has 0 aromatic heterocycles. The molecule has 0 heterocycles. The van der Waals surface area contributed by atoms with E-state index in [9.17, 15) is 9.59 Å². The van der Waals surface area contributed by atoms with Crippen LogP contribution in [0.4, 0.5) is 0 Å². The summed E-state index contributed by atoms with van der Waals surface area (Å²) in [4.78, 5) is 23.2. The van der Waals surface area contributed by atoms with Gasteiger partial charge in [0.05, 0.1) is 0 Å². The molecule has 0 aliphatic carbocycles. The summed E-state index contributed by atoms with van der Waals surface area (Å²) < 4.78 is 5.65. The smallest absolute Gasteiger partial charge is 0.326 e. The fourth-order valence-electron chi connectivity index (χ4n) is 2.09. The van der Waals surface area contributed by atoms with Crippen molar-refractivity contribution in [2.45, 2.75) is 25.8 Å². The van der Waals surface area contributed by atoms with Gasteiger partial charge < -0.3 is 15.2 Å². The predicted octanol–water partition coefficient (Wildman–Crippen LogP) is 3.46. The van der Waals surface area contributed by atoms with Crippen LogP contribution in [0.5, 0.6) is 11.5 Å². The van der Waals surface area contributed by atoms with E-state index in [1.165, 1.54) is 0 Å². The molecular weight excluding hydrogens is 294 g/mol. The van der Waals surface area contributed by atoms with E-state index >= 15 is 0 Å². The second-order valence-corrected chi connectivity index (χ2v) is 5.09. The van der Waals surface area contributed by atoms with Gasteiger partial charge in [0.1, 0.15) is 17.5 Å². The number of hydrogen-bond donors (Lipinski definition) is 2. The van der Waals surface area contributed by atoms with E-state index in [1.54, 1.807) is 24.3 Å². The van der Waals surface area contributed by atoms with Crippen LogP contribution in [0.1, 0.15) is 30.1 Å². The largest absolute Gasteiger partial charge is 0.480 e. The molecule has 0 aliphatic heterocycles. The minimum atomic E-state index is -1.02. The molecule has 2 aromatic carbocycles. The Labute approximate surface area is 134 Å². The Morgan fingerprint density at radius 2 is 1.65 bits per heavy atom. The van der Waals surface area contributed by atoms with Gasteiger partial charge in [0.2, 0.25) is 0 Å². The van der Waals surface area contributed by atoms with Gasteiger partial charge in [-0.2, -0.15) is 0 Å². The summed E-state index contributed by atoms with van der Waals surface area (Å²) in [7, 11) is 0. The van der Waals surface area contributed by atoms with Crippen LogP contribution in [0.25, 0.3) is 0 Å². The van der Waals surface area contributed by atoms with Crippen LogP contribution in [-0.4, -0.2) is 23.0 Å². The van der Waals surface area contributed by atoms with Gasteiger partial charge in [0.15, 0.2) is 0 Å². The summed E-state index contributed by atoms with van der Waals surface area (Å²) in [5.74, 6) is -0.115. The van der Waals surface area contributed by atoms with Crippen LogP contribution in [0.3, 0.4) is 0 Å². The lowest BCUT2D eigenvalue weighted by atomic mass is 10.1. The molecule has 23 heavy (non-hydrogen) atoms. The quantitative estimate of drug-likeness (QED) is 0.821. The molecule has 1 amide bonds. The molecule has 5 heteroatoms. The molecule has 0 saturated carbocycles. The number of benzene rings is 2. The SMILES string of the molecule is CCCC(NC(=O)c1ccc(Oc2ccccc2)cc1)C(=O)O. The van der Waals surface area contributed by atoms with Crippen molar-refractivity contribution in [1.82, 2.24) is 5.32 Å². The maximum atomic E-state index is 12.1. The van der Waals surface area contributed by atoms with Crippen molar-refractivity contribution >= 4 is 11.9 Å². The zero-order valence-corrected chi connectivity index (χ0v) is 12.9. The molecule has 0 saturated heterocycles. The third-order valence-electron chi connectivity index (χ3n) is 3.28. The van der Waals surface area contributed by atoms with Crippen molar-refractivity contribution in [3.8, 4) is 11.5 Å². The van der Waals surface area contributed by atoms with Gasteiger partial charge in [0.25, 0.3) is 5.91 Å². The number of rotatable bonds is 7. The van der Waals surface area contributed by atoms with E-state index in [2.05, 4.69) is 5.32 Å². The van der Waals surface area contributed by atoms with Crippen molar-refractivity contribution in [3.63, 3.8) is 0 Å². The van der Waals surface area contributed by atoms with Gasteiger partial charge in [-0.05, 0) is 42.8 Å². The third-order valence-corrected chi connectivity index (χ3v) is 3.28. The number of ether oxygens (including phenoxy) is 1. The Bertz CT molecular complexity index is 652. The number of carbonyl (C=O) groups is 2. The highest BCUT2D eigenvalue weighted by molar-refractivity contribution is 5.96. The molecular formula is C18H19NO4. The molecule has 1 atom stereocenters. The molecule has 1 unspecified atom stereocenters. The standard InChI is InChI=1S/C18H19NO4/c1-2-6-16(18(21)22)19-17(20)13-9-11-15(12-10-13)23-14-7-4-3-5-8-14/h3-5,7-12,16H,2,6H2,1H3,(H,19,20)(H,21,22). The lowest BCUT2D eigenvalue weighted by molar-refractivity contribution is -0.139. The number of hydrogen-bond acceptors (Lipinski definition) is 3. The number of para-hydroxylation sites is 1. The zero-order valence-electron chi connectivity index (χ0n) is 12.9. The number of nitrogens with one attached hydrogen (secondary N) is 1. The first-order chi connectivity index (χ1) is 11.1. The van der Waals surface area contributed by atoms with Gasteiger partial charge in [0, 0.05) is 5.56 Å². The molecule has 0 spiro atoms. The van der Waals surface area contributed by atoms with E-state index < -0.39 is 17.9 Å². The van der Waals surface area contributed by atoms with Crippen molar-refractivity contribution < 1.29 is 19.4 Å². The number of carboxylic acid groups (broad SMARTS) is 1. The first-order valence-corrected chi connectivity index (χ1v) is 7.46. The highest BCUT2D eigenvalue weighted by Crippen LogP contribution is 2.21. The van der Waals surface area contributed by atoms with Crippen molar-refractivity contribution in [3.05, 3.63) is 60.2 Å². The lowest BCUT2D eigenvalue weighted by Gasteiger charge is -2.13. The van der Waals surface area contributed by atoms with E-state index in [1.807, 2.05) is 37.3 Å². The van der Waals surface area contributed by atoms with E-state index in [4.69, 9.17) is 9.84 Å². The van der Waals surface area contributed by atoms with Crippen LogP contribution in [0.2, 0.25) is 0 Å². The van der Waals surface area contributed by atoms with Crippen LogP contribution in [0, 0.1) is 0 Å². The molecule has 0 bridgehead atoms. The lowest BCUT2D eigenvalue weighted by Crippen LogP contribution is -2.40. The second kappa shape index (κ2) is 7.98. The summed E-state index contributed by atoms with van der Waals surface area (Å²) in [5, 5.41) is 11.6. The topological polar surface area (TPSA) is 75.6 Å². The Morgan fingerprint density at radius 3 is 2.22 bits per heavy atom. The Balaban J connectivity index is 2.01. The van der Waals surface area contributed by atoms with Crippen molar-refractivity contribution in [1.29, 1.82) is 0 Å². The normalized spacial score (nSPS) is 11.5.